The van der Waals surface area contributed by atoms with Crippen molar-refractivity contribution < 1.29 is 4.74 Å². The first kappa shape index (κ1) is 13.4. The van der Waals surface area contributed by atoms with Crippen LogP contribution in [-0.4, -0.2) is 25.8 Å². The van der Waals surface area contributed by atoms with Crippen molar-refractivity contribution in [3.05, 3.63) is 0 Å². The summed E-state index contributed by atoms with van der Waals surface area (Å²) >= 11 is 0. The average molecular weight is 239 g/mol. The first-order valence-corrected chi connectivity index (χ1v) is 7.65. The molecule has 0 aromatic heterocycles. The lowest BCUT2D eigenvalue weighted by Crippen LogP contribution is -2.27. The van der Waals surface area contributed by atoms with Gasteiger partial charge in [0.05, 0.1) is 0 Å². The van der Waals surface area contributed by atoms with Gasteiger partial charge in [0, 0.05) is 19.3 Å². The van der Waals surface area contributed by atoms with E-state index < -0.39 is 0 Å². The van der Waals surface area contributed by atoms with Crippen LogP contribution in [0.3, 0.4) is 0 Å². The average Bonchev–Trinajstić information content (AvgIpc) is 3.14. The van der Waals surface area contributed by atoms with E-state index in [0.717, 1.165) is 31.1 Å². The highest BCUT2D eigenvalue weighted by Crippen LogP contribution is 2.33. The van der Waals surface area contributed by atoms with Gasteiger partial charge in [-0.1, -0.05) is 25.7 Å². The molecule has 1 aliphatic heterocycles. The maximum atomic E-state index is 5.39. The summed E-state index contributed by atoms with van der Waals surface area (Å²) < 4.78 is 5.39. The Labute approximate surface area is 107 Å². The Bertz CT molecular complexity index is 197. The quantitative estimate of drug-likeness (QED) is 0.656. The summed E-state index contributed by atoms with van der Waals surface area (Å²) in [7, 11) is 0. The number of nitrogens with one attached hydrogen (secondary N) is 1. The zero-order chi connectivity index (χ0) is 11.9. The standard InChI is InChI=1S/C15H29NO/c1-13(12-15-5-6-15)16-9-3-2-4-14-7-10-17-11-8-14/h13-16H,2-12H2,1H3. The van der Waals surface area contributed by atoms with Gasteiger partial charge in [-0.2, -0.15) is 0 Å². The number of unbranched alkanes of at least 4 members (excludes halogenated alkanes) is 1. The zero-order valence-electron chi connectivity index (χ0n) is 11.4. The highest BCUT2D eigenvalue weighted by molar-refractivity contribution is 4.77. The Morgan fingerprint density at radius 2 is 1.82 bits per heavy atom. The summed E-state index contributed by atoms with van der Waals surface area (Å²) in [6.45, 7) is 5.57. The van der Waals surface area contributed by atoms with Gasteiger partial charge in [0.2, 0.25) is 0 Å². The van der Waals surface area contributed by atoms with Gasteiger partial charge >= 0.3 is 0 Å². The van der Waals surface area contributed by atoms with Crippen molar-refractivity contribution in [3.8, 4) is 0 Å². The molecule has 2 fully saturated rings. The summed E-state index contributed by atoms with van der Waals surface area (Å²) in [5.74, 6) is 2.01. The zero-order valence-corrected chi connectivity index (χ0v) is 11.4. The van der Waals surface area contributed by atoms with E-state index in [9.17, 15) is 0 Å². The van der Waals surface area contributed by atoms with Crippen LogP contribution in [0.4, 0.5) is 0 Å². The molecule has 2 nitrogen and oxygen atoms in total. The van der Waals surface area contributed by atoms with Crippen LogP contribution in [0.1, 0.15) is 58.3 Å². The highest BCUT2D eigenvalue weighted by atomic mass is 16.5. The summed E-state index contributed by atoms with van der Waals surface area (Å²) in [6, 6.07) is 0.741. The van der Waals surface area contributed by atoms with Gasteiger partial charge in [0.1, 0.15) is 0 Å². The minimum Gasteiger partial charge on any atom is -0.381 e. The van der Waals surface area contributed by atoms with E-state index in [-0.39, 0.29) is 0 Å². The summed E-state index contributed by atoms with van der Waals surface area (Å²) in [5, 5.41) is 3.67. The van der Waals surface area contributed by atoms with Crippen molar-refractivity contribution in [1.29, 1.82) is 0 Å². The topological polar surface area (TPSA) is 21.3 Å². The Morgan fingerprint density at radius 1 is 1.06 bits per heavy atom. The Kier molecular flexibility index (Phi) is 5.79. The van der Waals surface area contributed by atoms with Gasteiger partial charge < -0.3 is 10.1 Å². The predicted molar refractivity (Wildman–Crippen MR) is 72.2 cm³/mol. The smallest absolute Gasteiger partial charge is 0.0468 e. The van der Waals surface area contributed by atoms with Crippen LogP contribution >= 0.6 is 0 Å². The molecule has 1 aliphatic carbocycles. The van der Waals surface area contributed by atoms with E-state index in [2.05, 4.69) is 12.2 Å². The first-order valence-electron chi connectivity index (χ1n) is 7.65. The largest absolute Gasteiger partial charge is 0.381 e. The molecule has 1 unspecified atom stereocenters. The SMILES string of the molecule is CC(CC1CC1)NCCCCC1CCOCC1. The molecule has 1 N–H and O–H groups in total. The van der Waals surface area contributed by atoms with Gasteiger partial charge in [-0.05, 0) is 51.0 Å². The maximum absolute atomic E-state index is 5.39. The molecular formula is C15H29NO. The molecule has 0 amide bonds. The van der Waals surface area contributed by atoms with Gasteiger partial charge in [0.15, 0.2) is 0 Å². The van der Waals surface area contributed by atoms with Gasteiger partial charge in [0.25, 0.3) is 0 Å². The van der Waals surface area contributed by atoms with Crippen molar-refractivity contribution in [2.75, 3.05) is 19.8 Å². The molecule has 0 spiro atoms. The molecule has 2 rings (SSSR count). The molecule has 0 bridgehead atoms. The fraction of sp³-hybridized carbons (Fsp3) is 1.00. The van der Waals surface area contributed by atoms with Crippen LogP contribution in [0.25, 0.3) is 0 Å². The number of hydrogen-bond acceptors (Lipinski definition) is 2. The van der Waals surface area contributed by atoms with E-state index in [1.54, 1.807) is 0 Å². The highest BCUT2D eigenvalue weighted by Gasteiger charge is 2.23. The number of ether oxygens (including phenoxy) is 1. The second-order valence-electron chi connectivity index (χ2n) is 6.09. The van der Waals surface area contributed by atoms with Crippen molar-refractivity contribution >= 4 is 0 Å². The third kappa shape index (κ3) is 5.87. The maximum Gasteiger partial charge on any atom is 0.0468 e. The van der Waals surface area contributed by atoms with Crippen molar-refractivity contribution in [3.63, 3.8) is 0 Å². The molecule has 2 aliphatic rings. The molecule has 1 saturated heterocycles. The summed E-state index contributed by atoms with van der Waals surface area (Å²) in [5.41, 5.74) is 0. The van der Waals surface area contributed by atoms with E-state index in [4.69, 9.17) is 4.74 Å². The minimum atomic E-state index is 0.741. The molecule has 1 atom stereocenters. The Morgan fingerprint density at radius 3 is 2.53 bits per heavy atom. The minimum absolute atomic E-state index is 0.741. The molecule has 2 heteroatoms. The molecular weight excluding hydrogens is 210 g/mol. The Balaban J connectivity index is 1.40. The lowest BCUT2D eigenvalue weighted by atomic mass is 9.94. The lowest BCUT2D eigenvalue weighted by molar-refractivity contribution is 0.0631. The predicted octanol–water partition coefficient (Wildman–Crippen LogP) is 3.36. The van der Waals surface area contributed by atoms with Gasteiger partial charge in [-0.15, -0.1) is 0 Å². The van der Waals surface area contributed by atoms with Crippen LogP contribution in [0, 0.1) is 11.8 Å². The molecule has 0 aromatic rings. The third-order valence-corrected chi connectivity index (χ3v) is 4.26. The molecule has 17 heavy (non-hydrogen) atoms. The molecule has 0 radical (unpaired) electrons. The van der Waals surface area contributed by atoms with Crippen LogP contribution in [0.2, 0.25) is 0 Å². The van der Waals surface area contributed by atoms with Crippen molar-refractivity contribution in [2.45, 2.75) is 64.3 Å². The first-order chi connectivity index (χ1) is 8.34. The lowest BCUT2D eigenvalue weighted by Gasteiger charge is -2.22. The van der Waals surface area contributed by atoms with Crippen LogP contribution in [0.5, 0.6) is 0 Å². The molecule has 1 heterocycles. The normalized spacial score (nSPS) is 23.8. The van der Waals surface area contributed by atoms with E-state index in [1.807, 2.05) is 0 Å². The van der Waals surface area contributed by atoms with E-state index in [0.29, 0.717) is 0 Å². The molecule has 100 valence electrons. The van der Waals surface area contributed by atoms with Crippen molar-refractivity contribution in [2.24, 2.45) is 11.8 Å². The van der Waals surface area contributed by atoms with Crippen LogP contribution in [0.15, 0.2) is 0 Å². The van der Waals surface area contributed by atoms with E-state index in [1.165, 1.54) is 57.9 Å². The second kappa shape index (κ2) is 7.38. The summed E-state index contributed by atoms with van der Waals surface area (Å²) in [4.78, 5) is 0. The summed E-state index contributed by atoms with van der Waals surface area (Å²) in [6.07, 6.45) is 11.1. The fourth-order valence-corrected chi connectivity index (χ4v) is 2.88. The number of hydrogen-bond donors (Lipinski definition) is 1. The molecule has 1 saturated carbocycles. The van der Waals surface area contributed by atoms with E-state index >= 15 is 0 Å². The Hall–Kier alpha value is -0.0800. The fourth-order valence-electron chi connectivity index (χ4n) is 2.88. The van der Waals surface area contributed by atoms with Crippen molar-refractivity contribution in [1.82, 2.24) is 5.32 Å². The van der Waals surface area contributed by atoms with Crippen LogP contribution in [-0.2, 0) is 4.74 Å². The monoisotopic (exact) mass is 239 g/mol. The molecule has 0 aromatic carbocycles. The van der Waals surface area contributed by atoms with Gasteiger partial charge in [-0.25, -0.2) is 0 Å². The number of rotatable bonds is 8. The second-order valence-corrected chi connectivity index (χ2v) is 6.09. The third-order valence-electron chi connectivity index (χ3n) is 4.26. The van der Waals surface area contributed by atoms with Gasteiger partial charge in [-0.3, -0.25) is 0 Å². The van der Waals surface area contributed by atoms with Crippen LogP contribution < -0.4 is 5.32 Å².